The van der Waals surface area contributed by atoms with Crippen LogP contribution in [-0.4, -0.2) is 37.8 Å². The smallest absolute Gasteiger partial charge is 0.286 e. The summed E-state index contributed by atoms with van der Waals surface area (Å²) in [6.07, 6.45) is 6.45. The number of nitrogens with zero attached hydrogens (tertiary/aromatic N) is 6. The topological polar surface area (TPSA) is 131 Å². The number of benzene rings is 3. The van der Waals surface area contributed by atoms with E-state index in [4.69, 9.17) is 16.6 Å². The van der Waals surface area contributed by atoms with Crippen molar-refractivity contribution in [3.05, 3.63) is 119 Å². The molecule has 3 aromatic heterocycles. The molecule has 6 rings (SSSR count). The van der Waals surface area contributed by atoms with Crippen LogP contribution in [0.15, 0.2) is 103 Å². The van der Waals surface area contributed by atoms with Crippen molar-refractivity contribution in [1.82, 2.24) is 33.8 Å². The van der Waals surface area contributed by atoms with E-state index in [9.17, 15) is 13.6 Å². The van der Waals surface area contributed by atoms with Crippen LogP contribution in [0.5, 0.6) is 0 Å². The average molecular weight is 569 g/mol. The minimum atomic E-state index is -2.39. The van der Waals surface area contributed by atoms with E-state index in [1.54, 1.807) is 59.6 Å². The molecule has 0 saturated carbocycles. The van der Waals surface area contributed by atoms with Crippen LogP contribution in [0.4, 0.5) is 0 Å². The first-order valence-corrected chi connectivity index (χ1v) is 13.5. The largest absolute Gasteiger partial charge is 0.760 e. The fraction of sp³-hybridized carbons (Fsp3) is 0.0357. The van der Waals surface area contributed by atoms with Gasteiger partial charge in [0.1, 0.15) is 12.2 Å². The normalized spacial score (nSPS) is 12.1. The quantitative estimate of drug-likeness (QED) is 0.285. The second-order valence-electron chi connectivity index (χ2n) is 8.73. The maximum absolute atomic E-state index is 13.9. The van der Waals surface area contributed by atoms with Crippen molar-refractivity contribution in [3.63, 3.8) is 0 Å². The number of hydrogen-bond acceptors (Lipinski definition) is 7. The summed E-state index contributed by atoms with van der Waals surface area (Å²) in [5.41, 5.74) is 4.48. The summed E-state index contributed by atoms with van der Waals surface area (Å²) in [6.45, 7) is 0.122. The average Bonchev–Trinajstić information content (AvgIpc) is 3.42. The van der Waals surface area contributed by atoms with Crippen LogP contribution >= 0.6 is 11.6 Å². The van der Waals surface area contributed by atoms with Gasteiger partial charge in [-0.05, 0) is 42.0 Å². The molecule has 198 valence electrons. The summed E-state index contributed by atoms with van der Waals surface area (Å²) in [5, 5.41) is 0.542. The van der Waals surface area contributed by atoms with Crippen molar-refractivity contribution in [2.45, 2.75) is 6.54 Å². The number of nitrogens with one attached hydrogen (secondary N) is 1. The zero-order valence-corrected chi connectivity index (χ0v) is 22.2. The van der Waals surface area contributed by atoms with Gasteiger partial charge in [-0.15, -0.1) is 0 Å². The molecule has 0 bridgehead atoms. The zero-order chi connectivity index (χ0) is 27.6. The number of imidazole rings is 1. The summed E-state index contributed by atoms with van der Waals surface area (Å²) >= 11 is 3.73. The maximum atomic E-state index is 13.9. The van der Waals surface area contributed by atoms with Crippen molar-refractivity contribution in [3.8, 4) is 34.0 Å². The van der Waals surface area contributed by atoms with Gasteiger partial charge in [-0.1, -0.05) is 48.0 Å². The lowest BCUT2D eigenvalue weighted by Gasteiger charge is -2.14. The standard InChI is InChI=1S/C28H20ClN7O3S/c29-21-8-10-22(11-9-21)36-26(20-6-4-19(5-7-20)24-16-30-12-13-31-24)34-27-25(28(36)37)32-17-35(27)23-3-1-2-18(14-23)15-33-40(38)39/h1-14,16-17,33H,15H2,(H,38,39)/p-1. The summed E-state index contributed by atoms with van der Waals surface area (Å²) in [4.78, 5) is 31.7. The third-order valence-electron chi connectivity index (χ3n) is 6.24. The molecule has 0 saturated heterocycles. The van der Waals surface area contributed by atoms with Gasteiger partial charge in [0.2, 0.25) is 0 Å². The fourth-order valence-corrected chi connectivity index (χ4v) is 4.77. The molecule has 0 aliphatic rings. The van der Waals surface area contributed by atoms with E-state index in [1.165, 1.54) is 10.9 Å². The van der Waals surface area contributed by atoms with Gasteiger partial charge in [0, 0.05) is 52.0 Å². The molecule has 1 unspecified atom stereocenters. The predicted octanol–water partition coefficient (Wildman–Crippen LogP) is 4.23. The first-order valence-electron chi connectivity index (χ1n) is 12.0. The van der Waals surface area contributed by atoms with Crippen molar-refractivity contribution < 1.29 is 8.76 Å². The number of halogens is 1. The number of rotatable bonds is 7. The fourth-order valence-electron chi connectivity index (χ4n) is 4.36. The first kappa shape index (κ1) is 25.7. The van der Waals surface area contributed by atoms with Gasteiger partial charge >= 0.3 is 0 Å². The van der Waals surface area contributed by atoms with Gasteiger partial charge < -0.3 is 4.55 Å². The van der Waals surface area contributed by atoms with Crippen molar-refractivity contribution in [1.29, 1.82) is 0 Å². The Morgan fingerprint density at radius 3 is 2.42 bits per heavy atom. The molecule has 0 fully saturated rings. The highest BCUT2D eigenvalue weighted by atomic mass is 35.5. The molecule has 0 aliphatic carbocycles. The summed E-state index contributed by atoms with van der Waals surface area (Å²) in [6, 6.07) is 21.7. The van der Waals surface area contributed by atoms with Crippen LogP contribution in [0.2, 0.25) is 5.02 Å². The third-order valence-corrected chi connectivity index (χ3v) is 6.87. The van der Waals surface area contributed by atoms with Crippen molar-refractivity contribution in [2.75, 3.05) is 0 Å². The van der Waals surface area contributed by atoms with Gasteiger partial charge in [-0.3, -0.25) is 28.1 Å². The van der Waals surface area contributed by atoms with Crippen molar-refractivity contribution >= 4 is 34.0 Å². The Bertz CT molecular complexity index is 1910. The Morgan fingerprint density at radius 2 is 1.70 bits per heavy atom. The predicted molar refractivity (Wildman–Crippen MR) is 152 cm³/mol. The highest BCUT2D eigenvalue weighted by molar-refractivity contribution is 7.77. The lowest BCUT2D eigenvalue weighted by atomic mass is 10.1. The van der Waals surface area contributed by atoms with E-state index in [0.29, 0.717) is 33.4 Å². The molecule has 0 aliphatic heterocycles. The Morgan fingerprint density at radius 1 is 0.925 bits per heavy atom. The maximum Gasteiger partial charge on any atom is 0.286 e. The molecule has 1 atom stereocenters. The molecule has 1 N–H and O–H groups in total. The van der Waals surface area contributed by atoms with Crippen LogP contribution < -0.4 is 10.3 Å². The van der Waals surface area contributed by atoms with E-state index >= 15 is 0 Å². The van der Waals surface area contributed by atoms with Gasteiger partial charge in [0.15, 0.2) is 11.2 Å². The van der Waals surface area contributed by atoms with E-state index in [2.05, 4.69) is 19.7 Å². The first-order chi connectivity index (χ1) is 19.5. The molecule has 10 nitrogen and oxygen atoms in total. The SMILES string of the molecule is O=c1c2ncn(-c3cccc(CNS(=O)[O-])c3)c2nc(-c2ccc(-c3cnccn3)cc2)n1-c1ccc(Cl)cc1. The molecule has 12 heteroatoms. The Kier molecular flexibility index (Phi) is 7.01. The third kappa shape index (κ3) is 5.06. The number of aromatic nitrogens is 6. The second kappa shape index (κ2) is 10.9. The molecule has 0 radical (unpaired) electrons. The molecule has 6 aromatic rings. The van der Waals surface area contributed by atoms with E-state index in [-0.39, 0.29) is 17.6 Å². The van der Waals surface area contributed by atoms with E-state index in [1.807, 2.05) is 36.4 Å². The monoisotopic (exact) mass is 568 g/mol. The molecular formula is C28H19ClN7O3S-. The van der Waals surface area contributed by atoms with Gasteiger partial charge in [-0.2, -0.15) is 0 Å². The van der Waals surface area contributed by atoms with Crippen molar-refractivity contribution in [2.24, 2.45) is 0 Å². The summed E-state index contributed by atoms with van der Waals surface area (Å²) in [5.74, 6) is 0.409. The van der Waals surface area contributed by atoms with Gasteiger partial charge in [0.25, 0.3) is 5.56 Å². The Hall–Kier alpha value is -4.55. The van der Waals surface area contributed by atoms with Crippen LogP contribution in [0.3, 0.4) is 0 Å². The molecule has 40 heavy (non-hydrogen) atoms. The summed E-state index contributed by atoms with van der Waals surface area (Å²) in [7, 11) is 0. The second-order valence-corrected chi connectivity index (χ2v) is 9.93. The van der Waals surface area contributed by atoms with Crippen LogP contribution in [0, 0.1) is 0 Å². The molecular weight excluding hydrogens is 550 g/mol. The highest BCUT2D eigenvalue weighted by Crippen LogP contribution is 2.26. The highest BCUT2D eigenvalue weighted by Gasteiger charge is 2.19. The van der Waals surface area contributed by atoms with E-state index < -0.39 is 11.3 Å². The van der Waals surface area contributed by atoms with Gasteiger partial charge in [0.05, 0.1) is 17.6 Å². The Labute approximate surface area is 235 Å². The van der Waals surface area contributed by atoms with E-state index in [0.717, 1.165) is 16.8 Å². The van der Waals surface area contributed by atoms with Crippen LogP contribution in [0.25, 0.3) is 45.2 Å². The lowest BCUT2D eigenvalue weighted by Crippen LogP contribution is -2.22. The molecule has 3 heterocycles. The minimum Gasteiger partial charge on any atom is -0.760 e. The molecule has 0 spiro atoms. The van der Waals surface area contributed by atoms with Crippen LogP contribution in [-0.2, 0) is 17.8 Å². The summed E-state index contributed by atoms with van der Waals surface area (Å²) < 4.78 is 27.5. The Balaban J connectivity index is 1.53. The molecule has 0 amide bonds. The van der Waals surface area contributed by atoms with Gasteiger partial charge in [-0.25, -0.2) is 14.7 Å². The number of hydrogen-bond donors (Lipinski definition) is 1. The minimum absolute atomic E-state index is 0.122. The number of fused-ring (bicyclic) bond motifs is 1. The lowest BCUT2D eigenvalue weighted by molar-refractivity contribution is 0.522. The zero-order valence-electron chi connectivity index (χ0n) is 20.6. The molecule has 3 aromatic carbocycles. The van der Waals surface area contributed by atoms with Crippen LogP contribution in [0.1, 0.15) is 5.56 Å².